The number of benzene rings is 1. The van der Waals surface area contributed by atoms with E-state index in [0.717, 1.165) is 18.4 Å². The Kier molecular flexibility index (Phi) is 4.67. The number of hydrogen-bond acceptors (Lipinski definition) is 5. The Labute approximate surface area is 144 Å². The minimum absolute atomic E-state index is 0.0213. The molecular formula is C18H18N2O5. The van der Waals surface area contributed by atoms with E-state index in [2.05, 4.69) is 10.3 Å². The molecule has 1 aromatic carbocycles. The molecule has 0 spiro atoms. The molecule has 0 aliphatic heterocycles. The van der Waals surface area contributed by atoms with Crippen LogP contribution in [0.4, 0.5) is 5.69 Å². The van der Waals surface area contributed by atoms with Gasteiger partial charge in [-0.05, 0) is 36.1 Å². The van der Waals surface area contributed by atoms with Crippen LogP contribution in [0, 0.1) is 0 Å². The quantitative estimate of drug-likeness (QED) is 0.864. The number of carbonyl (C=O) groups is 2. The number of nitrogens with one attached hydrogen (secondary N) is 1. The van der Waals surface area contributed by atoms with E-state index in [9.17, 15) is 9.59 Å². The maximum atomic E-state index is 12.4. The van der Waals surface area contributed by atoms with Crippen molar-refractivity contribution >= 4 is 17.6 Å². The Morgan fingerprint density at radius 1 is 1.12 bits per heavy atom. The summed E-state index contributed by atoms with van der Waals surface area (Å²) in [6.45, 7) is 0. The van der Waals surface area contributed by atoms with E-state index in [1.165, 1.54) is 24.8 Å². The largest absolute Gasteiger partial charge is 0.497 e. The van der Waals surface area contributed by atoms with Gasteiger partial charge in [0.25, 0.3) is 5.91 Å². The van der Waals surface area contributed by atoms with Gasteiger partial charge < -0.3 is 19.9 Å². The molecule has 0 fully saturated rings. The molecule has 2 aromatic rings. The lowest BCUT2D eigenvalue weighted by atomic mass is 10.1. The monoisotopic (exact) mass is 342 g/mol. The second-order valence-electron chi connectivity index (χ2n) is 5.79. The average molecular weight is 342 g/mol. The predicted molar refractivity (Wildman–Crippen MR) is 90.3 cm³/mol. The van der Waals surface area contributed by atoms with E-state index < -0.39 is 11.9 Å². The molecule has 1 aliphatic rings. The first kappa shape index (κ1) is 16.9. The molecule has 0 saturated heterocycles. The second kappa shape index (κ2) is 6.90. The van der Waals surface area contributed by atoms with Gasteiger partial charge in [-0.25, -0.2) is 9.78 Å². The Morgan fingerprint density at radius 3 is 2.52 bits per heavy atom. The molecule has 130 valence electrons. The highest BCUT2D eigenvalue weighted by Crippen LogP contribution is 2.27. The third-order valence-electron chi connectivity index (χ3n) is 4.18. The molecule has 0 radical (unpaired) electrons. The minimum Gasteiger partial charge on any atom is -0.497 e. The molecule has 0 saturated carbocycles. The van der Waals surface area contributed by atoms with Crippen LogP contribution in [-0.2, 0) is 17.6 Å². The number of amides is 1. The van der Waals surface area contributed by atoms with E-state index in [1.807, 2.05) is 18.2 Å². The van der Waals surface area contributed by atoms with Crippen LogP contribution in [0.2, 0.25) is 0 Å². The third-order valence-corrected chi connectivity index (χ3v) is 4.18. The van der Waals surface area contributed by atoms with Crippen LogP contribution in [-0.4, -0.2) is 42.3 Å². The predicted octanol–water partition coefficient (Wildman–Crippen LogP) is 2.15. The highest BCUT2D eigenvalue weighted by Gasteiger charge is 2.22. The lowest BCUT2D eigenvalue weighted by Crippen LogP contribution is -2.16. The zero-order valence-corrected chi connectivity index (χ0v) is 13.9. The Balaban J connectivity index is 1.81. The van der Waals surface area contributed by atoms with Crippen LogP contribution >= 0.6 is 0 Å². The number of nitrogens with zero attached hydrogens (tertiary/aromatic N) is 1. The summed E-state index contributed by atoms with van der Waals surface area (Å²) in [4.78, 5) is 27.4. The van der Waals surface area contributed by atoms with Gasteiger partial charge in [-0.3, -0.25) is 4.79 Å². The van der Waals surface area contributed by atoms with Gasteiger partial charge in [0.1, 0.15) is 11.4 Å². The zero-order chi connectivity index (χ0) is 18.0. The number of carbonyl (C=O) groups excluding carboxylic acids is 1. The first-order chi connectivity index (χ1) is 12.0. The van der Waals surface area contributed by atoms with Crippen molar-refractivity contribution in [1.29, 1.82) is 0 Å². The van der Waals surface area contributed by atoms with Gasteiger partial charge in [0, 0.05) is 24.9 Å². The Bertz CT molecular complexity index is 834. The highest BCUT2D eigenvalue weighted by molar-refractivity contribution is 6.03. The number of aromatic carboxylic acids is 1. The van der Waals surface area contributed by atoms with Crippen molar-refractivity contribution in [3.05, 3.63) is 52.8 Å². The Hall–Kier alpha value is -2.93. The normalized spacial score (nSPS) is 15.5. The van der Waals surface area contributed by atoms with Crippen LogP contribution in [0.5, 0.6) is 5.75 Å². The van der Waals surface area contributed by atoms with Crippen molar-refractivity contribution in [1.82, 2.24) is 4.98 Å². The molecule has 7 heteroatoms. The number of carboxylic acid groups (broad SMARTS) is 1. The molecule has 1 aliphatic carbocycles. The summed E-state index contributed by atoms with van der Waals surface area (Å²) in [5.41, 5.74) is 2.70. The van der Waals surface area contributed by atoms with Crippen molar-refractivity contribution in [3.63, 3.8) is 0 Å². The van der Waals surface area contributed by atoms with Gasteiger partial charge in [0.2, 0.25) is 0 Å². The first-order valence-electron chi connectivity index (χ1n) is 7.75. The van der Waals surface area contributed by atoms with E-state index in [1.54, 1.807) is 7.11 Å². The van der Waals surface area contributed by atoms with Crippen LogP contribution in [0.15, 0.2) is 30.3 Å². The van der Waals surface area contributed by atoms with Crippen molar-refractivity contribution in [2.75, 3.05) is 19.5 Å². The summed E-state index contributed by atoms with van der Waals surface area (Å²) in [6, 6.07) is 8.35. The molecule has 1 heterocycles. The van der Waals surface area contributed by atoms with Gasteiger partial charge in [-0.15, -0.1) is 0 Å². The lowest BCUT2D eigenvalue weighted by molar-refractivity contribution is 0.0690. The summed E-state index contributed by atoms with van der Waals surface area (Å²) in [6.07, 6.45) is 1.83. The minimum atomic E-state index is -1.23. The Morgan fingerprint density at radius 2 is 1.84 bits per heavy atom. The number of pyridine rings is 1. The SMILES string of the molecule is COc1cc(C(=O)O)nc(C(=O)Nc2ccc3c(c2)CC(OC)C3)c1. The summed E-state index contributed by atoms with van der Waals surface area (Å²) in [5, 5.41) is 11.8. The number of rotatable bonds is 5. The number of hydrogen-bond donors (Lipinski definition) is 2. The fraction of sp³-hybridized carbons (Fsp3) is 0.278. The molecule has 1 aromatic heterocycles. The van der Waals surface area contributed by atoms with E-state index >= 15 is 0 Å². The fourth-order valence-corrected chi connectivity index (χ4v) is 2.87. The standard InChI is InChI=1S/C18H18N2O5/c1-24-13-6-10-3-4-12(5-11(10)7-13)19-17(21)15-8-14(25-2)9-16(20-15)18(22)23/h3-5,8-9,13H,6-7H2,1-2H3,(H,19,21)(H,22,23). The number of ether oxygens (including phenoxy) is 2. The zero-order valence-electron chi connectivity index (χ0n) is 13.9. The number of methoxy groups -OCH3 is 2. The van der Waals surface area contributed by atoms with Crippen molar-refractivity contribution < 1.29 is 24.2 Å². The second-order valence-corrected chi connectivity index (χ2v) is 5.79. The molecule has 1 atom stereocenters. The molecular weight excluding hydrogens is 324 g/mol. The molecule has 7 nitrogen and oxygen atoms in total. The molecule has 1 amide bonds. The van der Waals surface area contributed by atoms with Crippen LogP contribution in [0.1, 0.15) is 32.1 Å². The van der Waals surface area contributed by atoms with Gasteiger partial charge in [-0.1, -0.05) is 6.07 Å². The van der Waals surface area contributed by atoms with Gasteiger partial charge >= 0.3 is 5.97 Å². The lowest BCUT2D eigenvalue weighted by Gasteiger charge is -2.09. The maximum Gasteiger partial charge on any atom is 0.354 e. The summed E-state index contributed by atoms with van der Waals surface area (Å²) < 4.78 is 10.4. The molecule has 25 heavy (non-hydrogen) atoms. The average Bonchev–Trinajstić information content (AvgIpc) is 3.03. The smallest absolute Gasteiger partial charge is 0.354 e. The maximum absolute atomic E-state index is 12.4. The van der Waals surface area contributed by atoms with Gasteiger partial charge in [-0.2, -0.15) is 0 Å². The summed E-state index contributed by atoms with van der Waals surface area (Å²) in [5.74, 6) is -1.46. The third kappa shape index (κ3) is 3.61. The number of fused-ring (bicyclic) bond motifs is 1. The fourth-order valence-electron chi connectivity index (χ4n) is 2.87. The van der Waals surface area contributed by atoms with Gasteiger partial charge in [0.15, 0.2) is 5.69 Å². The van der Waals surface area contributed by atoms with E-state index in [0.29, 0.717) is 5.69 Å². The summed E-state index contributed by atoms with van der Waals surface area (Å²) in [7, 11) is 3.09. The van der Waals surface area contributed by atoms with Crippen LogP contribution < -0.4 is 10.1 Å². The first-order valence-corrected chi connectivity index (χ1v) is 7.75. The number of carboxylic acids is 1. The molecule has 3 rings (SSSR count). The summed E-state index contributed by atoms with van der Waals surface area (Å²) >= 11 is 0. The van der Waals surface area contributed by atoms with E-state index in [4.69, 9.17) is 14.6 Å². The van der Waals surface area contributed by atoms with Crippen molar-refractivity contribution in [2.45, 2.75) is 18.9 Å². The topological polar surface area (TPSA) is 97.8 Å². The van der Waals surface area contributed by atoms with E-state index in [-0.39, 0.29) is 23.2 Å². The highest BCUT2D eigenvalue weighted by atomic mass is 16.5. The number of aromatic nitrogens is 1. The van der Waals surface area contributed by atoms with Crippen molar-refractivity contribution in [3.8, 4) is 5.75 Å². The van der Waals surface area contributed by atoms with Gasteiger partial charge in [0.05, 0.1) is 13.2 Å². The van der Waals surface area contributed by atoms with Crippen LogP contribution in [0.3, 0.4) is 0 Å². The molecule has 0 bridgehead atoms. The van der Waals surface area contributed by atoms with Crippen LogP contribution in [0.25, 0.3) is 0 Å². The van der Waals surface area contributed by atoms with Crippen molar-refractivity contribution in [2.24, 2.45) is 0 Å². The molecule has 1 unspecified atom stereocenters. The molecule has 2 N–H and O–H groups in total. The number of anilines is 1.